The maximum absolute atomic E-state index is 11.4. The molecule has 0 amide bonds. The van der Waals surface area contributed by atoms with Gasteiger partial charge >= 0.3 is 5.97 Å². The van der Waals surface area contributed by atoms with E-state index >= 15 is 0 Å². The molecule has 0 unspecified atom stereocenters. The van der Waals surface area contributed by atoms with Crippen molar-refractivity contribution in [1.29, 1.82) is 0 Å². The lowest BCUT2D eigenvalue weighted by atomic mass is 9.88. The zero-order chi connectivity index (χ0) is 17.9. The average Bonchev–Trinajstić information content (AvgIpc) is 2.68. The van der Waals surface area contributed by atoms with Crippen molar-refractivity contribution in [1.82, 2.24) is 15.0 Å². The van der Waals surface area contributed by atoms with E-state index in [9.17, 15) is 9.90 Å². The highest BCUT2D eigenvalue weighted by Gasteiger charge is 2.23. The minimum atomic E-state index is -0.850. The SMILES string of the molecule is O=C(O)c1ccccc1CC1CCN(c2nccc3nccnc23)CC1. The van der Waals surface area contributed by atoms with Gasteiger partial charge in [0.05, 0.1) is 11.1 Å². The second-order valence-electron chi connectivity index (χ2n) is 6.66. The summed E-state index contributed by atoms with van der Waals surface area (Å²) < 4.78 is 0. The molecule has 1 saturated heterocycles. The Bertz CT molecular complexity index is 931. The van der Waals surface area contributed by atoms with Crippen LogP contribution < -0.4 is 4.90 Å². The zero-order valence-corrected chi connectivity index (χ0v) is 14.4. The molecular formula is C20H20N4O2. The highest BCUT2D eigenvalue weighted by Crippen LogP contribution is 2.28. The molecule has 6 nitrogen and oxygen atoms in total. The van der Waals surface area contributed by atoms with Gasteiger partial charge < -0.3 is 10.0 Å². The van der Waals surface area contributed by atoms with E-state index in [0.29, 0.717) is 11.5 Å². The Kier molecular flexibility index (Phi) is 4.48. The first-order chi connectivity index (χ1) is 12.7. The summed E-state index contributed by atoms with van der Waals surface area (Å²) >= 11 is 0. The first-order valence-electron chi connectivity index (χ1n) is 8.84. The molecular weight excluding hydrogens is 328 g/mol. The van der Waals surface area contributed by atoms with Crippen LogP contribution in [0.2, 0.25) is 0 Å². The fraction of sp³-hybridized carbons (Fsp3) is 0.300. The van der Waals surface area contributed by atoms with Gasteiger partial charge in [-0.15, -0.1) is 0 Å². The number of carboxylic acids is 1. The lowest BCUT2D eigenvalue weighted by Gasteiger charge is -2.33. The summed E-state index contributed by atoms with van der Waals surface area (Å²) in [5, 5.41) is 9.36. The van der Waals surface area contributed by atoms with Crippen molar-refractivity contribution in [2.75, 3.05) is 18.0 Å². The molecule has 1 aromatic carbocycles. The molecule has 3 aromatic rings. The van der Waals surface area contributed by atoms with E-state index in [1.807, 2.05) is 18.2 Å². The maximum Gasteiger partial charge on any atom is 0.335 e. The van der Waals surface area contributed by atoms with Gasteiger partial charge in [0.15, 0.2) is 5.82 Å². The molecule has 6 heteroatoms. The van der Waals surface area contributed by atoms with Crippen LogP contribution in [0.4, 0.5) is 5.82 Å². The minimum absolute atomic E-state index is 0.418. The second kappa shape index (κ2) is 7.07. The quantitative estimate of drug-likeness (QED) is 0.780. The second-order valence-corrected chi connectivity index (χ2v) is 6.66. The molecule has 0 spiro atoms. The lowest BCUT2D eigenvalue weighted by molar-refractivity contribution is 0.0695. The number of carbonyl (C=O) groups is 1. The molecule has 2 aromatic heterocycles. The highest BCUT2D eigenvalue weighted by molar-refractivity contribution is 5.89. The van der Waals surface area contributed by atoms with E-state index in [0.717, 1.165) is 54.8 Å². The largest absolute Gasteiger partial charge is 0.478 e. The van der Waals surface area contributed by atoms with Gasteiger partial charge in [-0.05, 0) is 42.9 Å². The van der Waals surface area contributed by atoms with Crippen molar-refractivity contribution in [2.24, 2.45) is 5.92 Å². The number of nitrogens with zero attached hydrogens (tertiary/aromatic N) is 4. The molecule has 4 rings (SSSR count). The fourth-order valence-electron chi connectivity index (χ4n) is 3.68. The van der Waals surface area contributed by atoms with E-state index in [2.05, 4.69) is 19.9 Å². The van der Waals surface area contributed by atoms with Crippen LogP contribution in [-0.2, 0) is 6.42 Å². The monoisotopic (exact) mass is 348 g/mol. The zero-order valence-electron chi connectivity index (χ0n) is 14.4. The van der Waals surface area contributed by atoms with Crippen LogP contribution in [-0.4, -0.2) is 39.1 Å². The number of anilines is 1. The van der Waals surface area contributed by atoms with Crippen LogP contribution in [0.25, 0.3) is 11.0 Å². The number of benzene rings is 1. The van der Waals surface area contributed by atoms with Crippen molar-refractivity contribution in [3.63, 3.8) is 0 Å². The molecule has 1 N–H and O–H groups in total. The summed E-state index contributed by atoms with van der Waals surface area (Å²) in [5.41, 5.74) is 3.04. The molecule has 0 saturated carbocycles. The Hall–Kier alpha value is -3.02. The van der Waals surface area contributed by atoms with Crippen molar-refractivity contribution in [3.8, 4) is 0 Å². The highest BCUT2D eigenvalue weighted by atomic mass is 16.4. The summed E-state index contributed by atoms with van der Waals surface area (Å²) in [5.74, 6) is 0.518. The molecule has 1 fully saturated rings. The summed E-state index contributed by atoms with van der Waals surface area (Å²) in [6.45, 7) is 1.78. The molecule has 132 valence electrons. The standard InChI is InChI=1S/C20H20N4O2/c25-20(26)16-4-2-1-3-15(16)13-14-6-11-24(12-7-14)19-18-17(5-8-23-19)21-9-10-22-18/h1-5,8-10,14H,6-7,11-13H2,(H,25,26). The normalized spacial score (nSPS) is 15.3. The number of hydrogen-bond acceptors (Lipinski definition) is 5. The van der Waals surface area contributed by atoms with Crippen LogP contribution in [0.3, 0.4) is 0 Å². The number of pyridine rings is 1. The average molecular weight is 348 g/mol. The van der Waals surface area contributed by atoms with Gasteiger partial charge in [0, 0.05) is 31.7 Å². The summed E-state index contributed by atoms with van der Waals surface area (Å²) in [6.07, 6.45) is 7.99. The predicted octanol–water partition coefficient (Wildman–Crippen LogP) is 3.18. The fourth-order valence-corrected chi connectivity index (χ4v) is 3.68. The number of hydrogen-bond donors (Lipinski definition) is 1. The van der Waals surface area contributed by atoms with Crippen LogP contribution in [0.15, 0.2) is 48.9 Å². The maximum atomic E-state index is 11.4. The molecule has 0 radical (unpaired) electrons. The van der Waals surface area contributed by atoms with E-state index in [-0.39, 0.29) is 0 Å². The Labute approximate surface area is 151 Å². The Morgan fingerprint density at radius 2 is 1.81 bits per heavy atom. The Morgan fingerprint density at radius 3 is 2.62 bits per heavy atom. The third-order valence-electron chi connectivity index (χ3n) is 5.04. The van der Waals surface area contributed by atoms with Crippen molar-refractivity contribution >= 4 is 22.8 Å². The summed E-state index contributed by atoms with van der Waals surface area (Å²) in [6, 6.07) is 9.18. The Balaban J connectivity index is 1.47. The molecule has 26 heavy (non-hydrogen) atoms. The van der Waals surface area contributed by atoms with Crippen LogP contribution in [0, 0.1) is 5.92 Å². The van der Waals surface area contributed by atoms with Crippen molar-refractivity contribution in [2.45, 2.75) is 19.3 Å². The van der Waals surface area contributed by atoms with Gasteiger partial charge in [-0.1, -0.05) is 18.2 Å². The number of aromatic carboxylic acids is 1. The smallest absolute Gasteiger partial charge is 0.335 e. The Morgan fingerprint density at radius 1 is 1.04 bits per heavy atom. The number of fused-ring (bicyclic) bond motifs is 1. The van der Waals surface area contributed by atoms with Gasteiger partial charge in [-0.2, -0.15) is 0 Å². The topological polar surface area (TPSA) is 79.2 Å². The van der Waals surface area contributed by atoms with E-state index in [1.54, 1.807) is 30.7 Å². The summed E-state index contributed by atoms with van der Waals surface area (Å²) in [4.78, 5) is 27.0. The van der Waals surface area contributed by atoms with E-state index in [1.165, 1.54) is 0 Å². The molecule has 1 aliphatic rings. The predicted molar refractivity (Wildman–Crippen MR) is 99.4 cm³/mol. The molecule has 0 aliphatic carbocycles. The molecule has 0 bridgehead atoms. The summed E-state index contributed by atoms with van der Waals surface area (Å²) in [7, 11) is 0. The third kappa shape index (κ3) is 3.22. The van der Waals surface area contributed by atoms with Gasteiger partial charge in [-0.3, -0.25) is 4.98 Å². The van der Waals surface area contributed by atoms with Crippen LogP contribution in [0.5, 0.6) is 0 Å². The van der Waals surface area contributed by atoms with Gasteiger partial charge in [0.1, 0.15) is 5.52 Å². The van der Waals surface area contributed by atoms with Crippen molar-refractivity contribution in [3.05, 3.63) is 60.0 Å². The third-order valence-corrected chi connectivity index (χ3v) is 5.04. The van der Waals surface area contributed by atoms with Crippen molar-refractivity contribution < 1.29 is 9.90 Å². The first kappa shape index (κ1) is 16.4. The van der Waals surface area contributed by atoms with Crippen LogP contribution in [0.1, 0.15) is 28.8 Å². The van der Waals surface area contributed by atoms with Gasteiger partial charge in [0.2, 0.25) is 0 Å². The lowest BCUT2D eigenvalue weighted by Crippen LogP contribution is -2.35. The first-order valence-corrected chi connectivity index (χ1v) is 8.84. The van der Waals surface area contributed by atoms with Gasteiger partial charge in [0.25, 0.3) is 0 Å². The van der Waals surface area contributed by atoms with E-state index in [4.69, 9.17) is 0 Å². The molecule has 3 heterocycles. The van der Waals surface area contributed by atoms with Crippen LogP contribution >= 0.6 is 0 Å². The number of aromatic nitrogens is 3. The number of carboxylic acid groups (broad SMARTS) is 1. The minimum Gasteiger partial charge on any atom is -0.478 e. The number of piperidine rings is 1. The number of rotatable bonds is 4. The molecule has 1 aliphatic heterocycles. The van der Waals surface area contributed by atoms with Gasteiger partial charge in [-0.25, -0.2) is 14.8 Å². The van der Waals surface area contributed by atoms with E-state index < -0.39 is 5.97 Å². The molecule has 0 atom stereocenters.